The first-order chi connectivity index (χ1) is 10.9. The Morgan fingerprint density at radius 3 is 2.70 bits per heavy atom. The SMILES string of the molecule is Cc1c(Cl)cccc1NC(=O)C[NH2+][C@H](C)c1ccc(F)c(F)c1. The molecule has 0 saturated carbocycles. The highest BCUT2D eigenvalue weighted by Gasteiger charge is 2.14. The summed E-state index contributed by atoms with van der Waals surface area (Å²) in [7, 11) is 0. The maximum Gasteiger partial charge on any atom is 0.279 e. The molecular formula is C17H18ClF2N2O+. The molecular weight excluding hydrogens is 322 g/mol. The molecule has 1 amide bonds. The lowest BCUT2D eigenvalue weighted by Gasteiger charge is -2.12. The van der Waals surface area contributed by atoms with E-state index in [-0.39, 0.29) is 18.5 Å². The van der Waals surface area contributed by atoms with E-state index in [0.29, 0.717) is 16.3 Å². The number of rotatable bonds is 5. The Hall–Kier alpha value is -1.98. The van der Waals surface area contributed by atoms with Crippen molar-refractivity contribution in [2.24, 2.45) is 0 Å². The lowest BCUT2D eigenvalue weighted by molar-refractivity contribution is -0.682. The third-order valence-corrected chi connectivity index (χ3v) is 4.08. The highest BCUT2D eigenvalue weighted by Crippen LogP contribution is 2.22. The first-order valence-corrected chi connectivity index (χ1v) is 7.59. The normalized spacial score (nSPS) is 12.0. The maximum absolute atomic E-state index is 13.2. The minimum atomic E-state index is -0.887. The van der Waals surface area contributed by atoms with Crippen molar-refractivity contribution in [3.05, 3.63) is 64.2 Å². The van der Waals surface area contributed by atoms with Crippen molar-refractivity contribution in [2.75, 3.05) is 11.9 Å². The second-order valence-electron chi connectivity index (χ2n) is 5.36. The fourth-order valence-corrected chi connectivity index (χ4v) is 2.33. The molecule has 0 aromatic heterocycles. The summed E-state index contributed by atoms with van der Waals surface area (Å²) in [4.78, 5) is 12.0. The van der Waals surface area contributed by atoms with Gasteiger partial charge in [-0.25, -0.2) is 8.78 Å². The molecule has 2 aromatic carbocycles. The van der Waals surface area contributed by atoms with Crippen molar-refractivity contribution in [1.29, 1.82) is 0 Å². The van der Waals surface area contributed by atoms with Crippen molar-refractivity contribution in [2.45, 2.75) is 19.9 Å². The third kappa shape index (κ3) is 4.50. The predicted octanol–water partition coefficient (Wildman–Crippen LogP) is 3.19. The van der Waals surface area contributed by atoms with Crippen molar-refractivity contribution in [1.82, 2.24) is 0 Å². The maximum atomic E-state index is 13.2. The van der Waals surface area contributed by atoms with E-state index in [1.807, 2.05) is 13.8 Å². The van der Waals surface area contributed by atoms with Crippen LogP contribution in [0.1, 0.15) is 24.1 Å². The number of carbonyl (C=O) groups is 1. The van der Waals surface area contributed by atoms with Gasteiger partial charge in [0.2, 0.25) is 0 Å². The molecule has 2 rings (SSSR count). The van der Waals surface area contributed by atoms with Crippen LogP contribution in [0.3, 0.4) is 0 Å². The second-order valence-corrected chi connectivity index (χ2v) is 5.77. The average Bonchev–Trinajstić information content (AvgIpc) is 2.52. The molecule has 122 valence electrons. The molecule has 0 aliphatic heterocycles. The molecule has 6 heteroatoms. The number of benzene rings is 2. The van der Waals surface area contributed by atoms with Gasteiger partial charge < -0.3 is 10.6 Å². The molecule has 0 bridgehead atoms. The van der Waals surface area contributed by atoms with Gasteiger partial charge in [-0.3, -0.25) is 4.79 Å². The van der Waals surface area contributed by atoms with Crippen LogP contribution in [-0.2, 0) is 4.79 Å². The standard InChI is InChI=1S/C17H17ClF2N2O/c1-10-13(18)4-3-5-16(10)22-17(23)9-21-11(2)12-6-7-14(19)15(20)8-12/h3-8,11,21H,9H2,1-2H3,(H,22,23)/p+1/t11-/m1/s1. The molecule has 3 N–H and O–H groups in total. The number of nitrogens with one attached hydrogen (secondary N) is 1. The minimum absolute atomic E-state index is 0.159. The number of halogens is 3. The van der Waals surface area contributed by atoms with Crippen LogP contribution in [0.15, 0.2) is 36.4 Å². The Balaban J connectivity index is 1.93. The molecule has 1 atom stereocenters. The van der Waals surface area contributed by atoms with Gasteiger partial charge in [0.1, 0.15) is 6.04 Å². The average molecular weight is 340 g/mol. The van der Waals surface area contributed by atoms with Gasteiger partial charge in [0.05, 0.1) is 0 Å². The van der Waals surface area contributed by atoms with Gasteiger partial charge in [-0.15, -0.1) is 0 Å². The molecule has 0 saturated heterocycles. The van der Waals surface area contributed by atoms with Gasteiger partial charge in [-0.1, -0.05) is 17.7 Å². The summed E-state index contributed by atoms with van der Waals surface area (Å²) >= 11 is 6.01. The molecule has 0 aliphatic rings. The van der Waals surface area contributed by atoms with Crippen LogP contribution < -0.4 is 10.6 Å². The van der Waals surface area contributed by atoms with Crippen LogP contribution in [0, 0.1) is 18.6 Å². The van der Waals surface area contributed by atoms with Crippen LogP contribution in [0.4, 0.5) is 14.5 Å². The van der Waals surface area contributed by atoms with E-state index < -0.39 is 11.6 Å². The molecule has 3 nitrogen and oxygen atoms in total. The highest BCUT2D eigenvalue weighted by atomic mass is 35.5. The fraction of sp³-hybridized carbons (Fsp3) is 0.235. The number of hydrogen-bond acceptors (Lipinski definition) is 1. The monoisotopic (exact) mass is 339 g/mol. The first-order valence-electron chi connectivity index (χ1n) is 7.21. The molecule has 0 unspecified atom stereocenters. The Morgan fingerprint density at radius 1 is 1.26 bits per heavy atom. The topological polar surface area (TPSA) is 45.7 Å². The van der Waals surface area contributed by atoms with Crippen LogP contribution in [0.25, 0.3) is 0 Å². The lowest BCUT2D eigenvalue weighted by atomic mass is 10.1. The summed E-state index contributed by atoms with van der Waals surface area (Å²) in [5.41, 5.74) is 2.09. The van der Waals surface area contributed by atoms with Crippen LogP contribution in [0.5, 0.6) is 0 Å². The number of amides is 1. The zero-order chi connectivity index (χ0) is 17.0. The van der Waals surface area contributed by atoms with Crippen molar-refractivity contribution < 1.29 is 18.9 Å². The van der Waals surface area contributed by atoms with Gasteiger partial charge in [0, 0.05) is 16.3 Å². The number of hydrogen-bond donors (Lipinski definition) is 2. The molecule has 0 spiro atoms. The van der Waals surface area contributed by atoms with Crippen molar-refractivity contribution in [3.8, 4) is 0 Å². The number of anilines is 1. The largest absolute Gasteiger partial charge is 0.333 e. The smallest absolute Gasteiger partial charge is 0.279 e. The zero-order valence-corrected chi connectivity index (χ0v) is 13.6. The molecule has 0 heterocycles. The second kappa shape index (κ2) is 7.53. The zero-order valence-electron chi connectivity index (χ0n) is 12.9. The van der Waals surface area contributed by atoms with Gasteiger partial charge >= 0.3 is 0 Å². The lowest BCUT2D eigenvalue weighted by Crippen LogP contribution is -2.86. The summed E-state index contributed by atoms with van der Waals surface area (Å²) in [6.07, 6.45) is 0. The summed E-state index contributed by atoms with van der Waals surface area (Å²) in [5.74, 6) is -1.96. The van der Waals surface area contributed by atoms with Gasteiger partial charge in [-0.05, 0) is 49.7 Å². The van der Waals surface area contributed by atoms with Crippen LogP contribution >= 0.6 is 11.6 Å². The summed E-state index contributed by atoms with van der Waals surface area (Å²) < 4.78 is 26.2. The van der Waals surface area contributed by atoms with Crippen molar-refractivity contribution in [3.63, 3.8) is 0 Å². The Bertz CT molecular complexity index is 722. The van der Waals surface area contributed by atoms with Gasteiger partial charge in [0.15, 0.2) is 18.2 Å². The Labute approximate surface area is 138 Å². The van der Waals surface area contributed by atoms with Crippen molar-refractivity contribution >= 4 is 23.2 Å². The van der Waals surface area contributed by atoms with Crippen LogP contribution in [0.2, 0.25) is 5.02 Å². The Kier molecular flexibility index (Phi) is 5.69. The molecule has 0 aliphatic carbocycles. The van der Waals surface area contributed by atoms with E-state index in [0.717, 1.165) is 17.7 Å². The summed E-state index contributed by atoms with van der Waals surface area (Å²) in [5, 5.41) is 5.13. The van der Waals surface area contributed by atoms with E-state index in [4.69, 9.17) is 11.6 Å². The third-order valence-electron chi connectivity index (χ3n) is 3.67. The highest BCUT2D eigenvalue weighted by molar-refractivity contribution is 6.31. The summed E-state index contributed by atoms with van der Waals surface area (Å²) in [6, 6.07) is 8.87. The van der Waals surface area contributed by atoms with Gasteiger partial charge in [0.25, 0.3) is 5.91 Å². The van der Waals surface area contributed by atoms with E-state index in [1.165, 1.54) is 6.07 Å². The predicted molar refractivity (Wildman–Crippen MR) is 86.4 cm³/mol. The molecule has 0 fully saturated rings. The quantitative estimate of drug-likeness (QED) is 0.863. The fourth-order valence-electron chi connectivity index (χ4n) is 2.16. The van der Waals surface area contributed by atoms with Gasteiger partial charge in [-0.2, -0.15) is 0 Å². The van der Waals surface area contributed by atoms with E-state index >= 15 is 0 Å². The number of quaternary nitrogens is 1. The molecule has 2 aromatic rings. The minimum Gasteiger partial charge on any atom is -0.333 e. The van der Waals surface area contributed by atoms with E-state index in [2.05, 4.69) is 5.32 Å². The van der Waals surface area contributed by atoms with E-state index in [1.54, 1.807) is 23.5 Å². The summed E-state index contributed by atoms with van der Waals surface area (Å²) in [6.45, 7) is 3.81. The molecule has 23 heavy (non-hydrogen) atoms. The van der Waals surface area contributed by atoms with E-state index in [9.17, 15) is 13.6 Å². The first kappa shape index (κ1) is 17.4. The number of carbonyl (C=O) groups excluding carboxylic acids is 1. The van der Waals surface area contributed by atoms with Crippen LogP contribution in [-0.4, -0.2) is 12.5 Å². The number of nitrogens with two attached hydrogens (primary N) is 1. The Morgan fingerprint density at radius 2 is 2.00 bits per heavy atom. The molecule has 0 radical (unpaired) electrons.